The average molecular weight is 394 g/mol. The lowest BCUT2D eigenvalue weighted by Crippen LogP contribution is -2.80. The third-order valence-electron chi connectivity index (χ3n) is 5.75. The number of carbonyl (C=O) groups excluding carboxylic acids is 3. The van der Waals surface area contributed by atoms with Gasteiger partial charge in [0.05, 0.1) is 13.2 Å². The molecule has 0 N–H and O–H groups in total. The Morgan fingerprint density at radius 3 is 2.34 bits per heavy atom. The van der Waals surface area contributed by atoms with Crippen LogP contribution in [0.4, 0.5) is 4.79 Å². The average Bonchev–Trinajstić information content (AvgIpc) is 3.13. The minimum absolute atomic E-state index is 0.128. The lowest BCUT2D eigenvalue weighted by Gasteiger charge is -2.56. The van der Waals surface area contributed by atoms with Crippen LogP contribution in [0.1, 0.15) is 24.1 Å². The highest BCUT2D eigenvalue weighted by Gasteiger charge is 2.67. The summed E-state index contributed by atoms with van der Waals surface area (Å²) in [6.07, 6.45) is -0.605. The van der Waals surface area contributed by atoms with Gasteiger partial charge in [-0.3, -0.25) is 9.69 Å². The maximum Gasteiger partial charge on any atom is 0.411 e. The molecule has 2 saturated heterocycles. The number of methoxy groups -OCH3 is 1. The molecule has 2 aromatic rings. The molecule has 0 aliphatic carbocycles. The van der Waals surface area contributed by atoms with E-state index in [-0.39, 0.29) is 19.1 Å². The predicted octanol–water partition coefficient (Wildman–Crippen LogP) is 2.52. The molecule has 3 atom stereocenters. The highest BCUT2D eigenvalue weighted by molar-refractivity contribution is 6.05. The number of likely N-dealkylation sites (tertiary alicyclic amines) is 1. The summed E-state index contributed by atoms with van der Waals surface area (Å²) < 4.78 is 10.3. The summed E-state index contributed by atoms with van der Waals surface area (Å²) >= 11 is 0. The molecule has 0 aromatic heterocycles. The van der Waals surface area contributed by atoms with E-state index in [4.69, 9.17) is 9.47 Å². The van der Waals surface area contributed by atoms with Crippen molar-refractivity contribution in [1.29, 1.82) is 0 Å². The van der Waals surface area contributed by atoms with Crippen LogP contribution < -0.4 is 0 Å². The second kappa shape index (κ2) is 7.24. The fourth-order valence-electron chi connectivity index (χ4n) is 4.17. The van der Waals surface area contributed by atoms with E-state index < -0.39 is 29.7 Å². The first-order chi connectivity index (χ1) is 14.0. The number of hydrogen-bond donors (Lipinski definition) is 0. The molecule has 0 spiro atoms. The van der Waals surface area contributed by atoms with Crippen LogP contribution >= 0.6 is 0 Å². The molecule has 29 heavy (non-hydrogen) atoms. The van der Waals surface area contributed by atoms with Crippen molar-refractivity contribution in [3.63, 3.8) is 0 Å². The summed E-state index contributed by atoms with van der Waals surface area (Å²) in [7, 11) is 1.28. The van der Waals surface area contributed by atoms with Crippen molar-refractivity contribution in [2.24, 2.45) is 0 Å². The molecule has 2 aromatic carbocycles. The molecule has 0 bridgehead atoms. The van der Waals surface area contributed by atoms with Crippen molar-refractivity contribution in [2.75, 3.05) is 13.7 Å². The van der Waals surface area contributed by atoms with Crippen molar-refractivity contribution in [2.45, 2.75) is 31.1 Å². The first-order valence-electron chi connectivity index (χ1n) is 9.42. The third kappa shape index (κ3) is 2.93. The van der Waals surface area contributed by atoms with Crippen LogP contribution in [0.3, 0.4) is 0 Å². The Balaban J connectivity index is 1.69. The smallest absolute Gasteiger partial charge is 0.411 e. The quantitative estimate of drug-likeness (QED) is 0.575. The summed E-state index contributed by atoms with van der Waals surface area (Å²) in [5.41, 5.74) is 0.427. The molecule has 0 unspecified atom stereocenters. The number of ether oxygens (including phenoxy) is 2. The highest BCUT2D eigenvalue weighted by Crippen LogP contribution is 2.43. The zero-order valence-corrected chi connectivity index (χ0v) is 16.3. The van der Waals surface area contributed by atoms with Crippen molar-refractivity contribution >= 4 is 18.0 Å². The number of benzene rings is 2. The Hall–Kier alpha value is -3.35. The SMILES string of the molecule is COC(=O)[C@]1(C)[C@H](N2C(=O)OC[C@@H]2c2ccccc2)C(=O)N1Cc1ccccc1. The van der Waals surface area contributed by atoms with E-state index >= 15 is 0 Å². The molecule has 2 heterocycles. The van der Waals surface area contributed by atoms with E-state index in [0.717, 1.165) is 11.1 Å². The van der Waals surface area contributed by atoms with E-state index in [9.17, 15) is 14.4 Å². The first kappa shape index (κ1) is 19.0. The zero-order chi connectivity index (χ0) is 20.6. The second-order valence-electron chi connectivity index (χ2n) is 7.36. The fraction of sp³-hybridized carbons (Fsp3) is 0.318. The van der Waals surface area contributed by atoms with Crippen LogP contribution in [0, 0.1) is 0 Å². The zero-order valence-electron chi connectivity index (χ0n) is 16.3. The number of amides is 2. The Bertz CT molecular complexity index is 933. The topological polar surface area (TPSA) is 76.1 Å². The lowest BCUT2D eigenvalue weighted by molar-refractivity contribution is -0.190. The molecular weight excluding hydrogens is 372 g/mol. The molecule has 150 valence electrons. The fourth-order valence-corrected chi connectivity index (χ4v) is 4.17. The van der Waals surface area contributed by atoms with Crippen molar-refractivity contribution in [1.82, 2.24) is 9.80 Å². The van der Waals surface area contributed by atoms with E-state index in [1.165, 1.54) is 16.9 Å². The van der Waals surface area contributed by atoms with Crippen molar-refractivity contribution < 1.29 is 23.9 Å². The van der Waals surface area contributed by atoms with Gasteiger partial charge in [-0.25, -0.2) is 9.59 Å². The lowest BCUT2D eigenvalue weighted by atomic mass is 9.77. The number of hydrogen-bond acceptors (Lipinski definition) is 5. The van der Waals surface area contributed by atoms with E-state index in [2.05, 4.69) is 0 Å². The molecule has 7 nitrogen and oxygen atoms in total. The van der Waals surface area contributed by atoms with Gasteiger partial charge in [0.15, 0.2) is 5.54 Å². The minimum Gasteiger partial charge on any atom is -0.467 e. The number of esters is 1. The molecular formula is C22H22N2O5. The predicted molar refractivity (Wildman–Crippen MR) is 104 cm³/mol. The van der Waals surface area contributed by atoms with Gasteiger partial charge >= 0.3 is 12.1 Å². The summed E-state index contributed by atoms with van der Waals surface area (Å²) in [6, 6.07) is 17.3. The molecule has 2 aliphatic rings. The second-order valence-corrected chi connectivity index (χ2v) is 7.36. The van der Waals surface area contributed by atoms with Gasteiger partial charge in [0.25, 0.3) is 0 Å². The summed E-state index contributed by atoms with van der Waals surface area (Å²) in [5.74, 6) is -0.869. The van der Waals surface area contributed by atoms with E-state index in [0.29, 0.717) is 0 Å². The Morgan fingerprint density at radius 2 is 1.72 bits per heavy atom. The molecule has 7 heteroatoms. The van der Waals surface area contributed by atoms with Gasteiger partial charge in [-0.2, -0.15) is 0 Å². The normalized spacial score (nSPS) is 26.1. The highest BCUT2D eigenvalue weighted by atomic mass is 16.6. The number of nitrogens with zero attached hydrogens (tertiary/aromatic N) is 2. The number of β-lactam (4-membered cyclic amide) rings is 1. The third-order valence-corrected chi connectivity index (χ3v) is 5.75. The Morgan fingerprint density at radius 1 is 1.10 bits per heavy atom. The van der Waals surface area contributed by atoms with Crippen molar-refractivity contribution in [3.05, 3.63) is 71.8 Å². The van der Waals surface area contributed by atoms with Gasteiger partial charge in [-0.1, -0.05) is 60.7 Å². The Kier molecular flexibility index (Phi) is 4.74. The standard InChI is InChI=1S/C22H22N2O5/c1-22(20(26)28-2)18(19(25)23(22)13-15-9-5-3-6-10-15)24-17(14-29-21(24)27)16-11-7-4-8-12-16/h3-12,17-18H,13-14H2,1-2H3/t17-,18-,22+/m1/s1. The molecule has 2 amide bonds. The number of rotatable bonds is 5. The number of carbonyl (C=O) groups is 3. The molecule has 0 radical (unpaired) electrons. The van der Waals surface area contributed by atoms with Crippen LogP contribution in [0.2, 0.25) is 0 Å². The Labute approximate surface area is 168 Å². The van der Waals surface area contributed by atoms with Crippen molar-refractivity contribution in [3.8, 4) is 0 Å². The molecule has 2 fully saturated rings. The van der Waals surface area contributed by atoms with Crippen LogP contribution in [-0.4, -0.2) is 53.1 Å². The van der Waals surface area contributed by atoms with Crippen LogP contribution in [-0.2, 0) is 25.6 Å². The minimum atomic E-state index is -1.31. The maximum atomic E-state index is 13.2. The van der Waals surface area contributed by atoms with Gasteiger partial charge < -0.3 is 14.4 Å². The summed E-state index contributed by atoms with van der Waals surface area (Å²) in [5, 5.41) is 0. The van der Waals surface area contributed by atoms with Gasteiger partial charge in [-0.15, -0.1) is 0 Å². The van der Waals surface area contributed by atoms with Gasteiger partial charge in [0.1, 0.15) is 12.6 Å². The molecule has 2 aliphatic heterocycles. The largest absolute Gasteiger partial charge is 0.467 e. The monoisotopic (exact) mass is 394 g/mol. The number of cyclic esters (lactones) is 1. The van der Waals surface area contributed by atoms with Crippen LogP contribution in [0.25, 0.3) is 0 Å². The van der Waals surface area contributed by atoms with E-state index in [1.807, 2.05) is 60.7 Å². The van der Waals surface area contributed by atoms with Gasteiger partial charge in [0, 0.05) is 6.54 Å². The molecule has 0 saturated carbocycles. The van der Waals surface area contributed by atoms with Crippen LogP contribution in [0.5, 0.6) is 0 Å². The van der Waals surface area contributed by atoms with Gasteiger partial charge in [0.2, 0.25) is 5.91 Å². The maximum absolute atomic E-state index is 13.2. The summed E-state index contributed by atoms with van der Waals surface area (Å²) in [6.45, 7) is 2.02. The van der Waals surface area contributed by atoms with Gasteiger partial charge in [-0.05, 0) is 18.1 Å². The van der Waals surface area contributed by atoms with E-state index in [1.54, 1.807) is 6.92 Å². The van der Waals surface area contributed by atoms with Crippen LogP contribution in [0.15, 0.2) is 60.7 Å². The first-order valence-corrected chi connectivity index (χ1v) is 9.42. The summed E-state index contributed by atoms with van der Waals surface area (Å²) in [4.78, 5) is 41.4. The molecule has 4 rings (SSSR count).